The summed E-state index contributed by atoms with van der Waals surface area (Å²) in [5, 5.41) is 32.6. The van der Waals surface area contributed by atoms with Gasteiger partial charge >= 0.3 is 6.03 Å². The van der Waals surface area contributed by atoms with Crippen molar-refractivity contribution < 1.29 is 29.6 Å². The maximum absolute atomic E-state index is 12.1. The average Bonchev–Trinajstić information content (AvgIpc) is 3.00. The Labute approximate surface area is 245 Å². The summed E-state index contributed by atoms with van der Waals surface area (Å²) in [6.07, 6.45) is 0.0429. The van der Waals surface area contributed by atoms with Crippen molar-refractivity contribution in [2.24, 2.45) is 5.73 Å². The van der Waals surface area contributed by atoms with Crippen LogP contribution < -0.4 is 20.7 Å². The smallest absolute Gasteiger partial charge is 0.323 e. The number of nitrogens with two attached hydrogens (primary N) is 1. The molecule has 4 rings (SSSR count). The summed E-state index contributed by atoms with van der Waals surface area (Å²) in [6.45, 7) is 1.92. The van der Waals surface area contributed by atoms with Gasteiger partial charge in [0.2, 0.25) is 0 Å². The van der Waals surface area contributed by atoms with Crippen LogP contribution in [0.2, 0.25) is 0 Å². The van der Waals surface area contributed by atoms with Crippen LogP contribution in [0.3, 0.4) is 0 Å². The van der Waals surface area contributed by atoms with Gasteiger partial charge in [0.25, 0.3) is 0 Å². The van der Waals surface area contributed by atoms with Crippen LogP contribution in [-0.2, 0) is 24.4 Å². The van der Waals surface area contributed by atoms with Gasteiger partial charge in [0, 0.05) is 12.1 Å². The van der Waals surface area contributed by atoms with Gasteiger partial charge in [-0.05, 0) is 78.2 Å². The fourth-order valence-electron chi connectivity index (χ4n) is 4.46. The number of aliphatic hydroxyl groups is 2. The second-order valence-electron chi connectivity index (χ2n) is 9.74. The number of hydrogen-bond donors (Lipinski definition) is 5. The fourth-order valence-corrected chi connectivity index (χ4v) is 4.46. The molecule has 0 unspecified atom stereocenters. The summed E-state index contributed by atoms with van der Waals surface area (Å²) < 4.78 is 11.6. The van der Waals surface area contributed by atoms with Crippen molar-refractivity contribution in [2.45, 2.75) is 25.7 Å². The van der Waals surface area contributed by atoms with Gasteiger partial charge in [0.15, 0.2) is 0 Å². The Bertz CT molecular complexity index is 1420. The molecule has 0 spiro atoms. The summed E-state index contributed by atoms with van der Waals surface area (Å²) in [5.41, 5.74) is 10.1. The van der Waals surface area contributed by atoms with Crippen molar-refractivity contribution in [2.75, 3.05) is 31.2 Å². The molecular weight excluding hydrogens is 534 g/mol. The van der Waals surface area contributed by atoms with Crippen LogP contribution in [0, 0.1) is 0 Å². The lowest BCUT2D eigenvalue weighted by Gasteiger charge is -2.21. The van der Waals surface area contributed by atoms with Gasteiger partial charge < -0.3 is 35.8 Å². The molecule has 220 valence electrons. The summed E-state index contributed by atoms with van der Waals surface area (Å²) in [5.74, 6) is 0.765. The molecule has 4 aromatic rings. The number of nitrogens with zero attached hydrogens (tertiary/aromatic N) is 1. The highest BCUT2D eigenvalue weighted by atomic mass is 16.5. The molecule has 0 radical (unpaired) electrons. The summed E-state index contributed by atoms with van der Waals surface area (Å²) in [7, 11) is 0. The first kappa shape index (κ1) is 30.5. The maximum atomic E-state index is 12.1. The first-order chi connectivity index (χ1) is 20.4. The number of carbonyl (C=O) groups excluding carboxylic acids is 1. The minimum atomic E-state index is -0.739. The van der Waals surface area contributed by atoms with Crippen LogP contribution in [-0.4, -0.2) is 47.7 Å². The number of hydrogen-bond acceptors (Lipinski definition) is 7. The van der Waals surface area contributed by atoms with E-state index in [1.165, 1.54) is 11.0 Å². The monoisotopic (exact) mass is 571 g/mol. The molecule has 9 heteroatoms. The van der Waals surface area contributed by atoms with Gasteiger partial charge in [-0.25, -0.2) is 4.79 Å². The average molecular weight is 572 g/mol. The predicted molar refractivity (Wildman–Crippen MR) is 162 cm³/mol. The van der Waals surface area contributed by atoms with Crippen LogP contribution in [0.4, 0.5) is 16.2 Å². The minimum Gasteiger partial charge on any atom is -0.508 e. The topological polar surface area (TPSA) is 138 Å². The first-order valence-electron chi connectivity index (χ1n) is 13.8. The van der Waals surface area contributed by atoms with Crippen molar-refractivity contribution in [1.82, 2.24) is 5.32 Å². The van der Waals surface area contributed by atoms with Crippen LogP contribution in [0.1, 0.15) is 28.4 Å². The van der Waals surface area contributed by atoms with E-state index in [9.17, 15) is 20.1 Å². The third kappa shape index (κ3) is 8.79. The van der Waals surface area contributed by atoms with E-state index < -0.39 is 12.1 Å². The number of aliphatic hydroxyl groups excluding tert-OH is 2. The lowest BCUT2D eigenvalue weighted by molar-refractivity contribution is 0.0889. The number of ether oxygens (including phenoxy) is 2. The van der Waals surface area contributed by atoms with Crippen molar-refractivity contribution in [3.63, 3.8) is 0 Å². The summed E-state index contributed by atoms with van der Waals surface area (Å²) in [4.78, 5) is 13.6. The van der Waals surface area contributed by atoms with E-state index in [4.69, 9.17) is 15.2 Å². The van der Waals surface area contributed by atoms with E-state index in [0.29, 0.717) is 55.4 Å². The molecule has 0 aliphatic carbocycles. The van der Waals surface area contributed by atoms with Crippen LogP contribution >= 0.6 is 0 Å². The molecule has 0 aliphatic rings. The summed E-state index contributed by atoms with van der Waals surface area (Å²) >= 11 is 0. The van der Waals surface area contributed by atoms with E-state index in [2.05, 4.69) is 5.32 Å². The quantitative estimate of drug-likeness (QED) is 0.132. The molecule has 2 amide bonds. The van der Waals surface area contributed by atoms with Crippen molar-refractivity contribution >= 4 is 17.4 Å². The van der Waals surface area contributed by atoms with Crippen LogP contribution in [0.25, 0.3) is 0 Å². The largest absolute Gasteiger partial charge is 0.508 e. The number of anilines is 2. The number of nitrogens with one attached hydrogen (secondary N) is 1. The SMILES string of the molecule is NC(=O)N(c1ccccc1)c1cccc(COCCOc2ccc(CCNC[C@@H](O)c3ccc(O)c(CO)c3)cc2)c1. The van der Waals surface area contributed by atoms with E-state index >= 15 is 0 Å². The van der Waals surface area contributed by atoms with Gasteiger partial charge in [0.05, 0.1) is 37.3 Å². The van der Waals surface area contributed by atoms with Crippen LogP contribution in [0.15, 0.2) is 97.1 Å². The molecule has 0 bridgehead atoms. The number of phenols is 1. The van der Waals surface area contributed by atoms with Gasteiger partial charge in [-0.1, -0.05) is 48.5 Å². The van der Waals surface area contributed by atoms with Gasteiger partial charge in [-0.2, -0.15) is 0 Å². The molecule has 0 aliphatic heterocycles. The van der Waals surface area contributed by atoms with Crippen molar-refractivity contribution in [3.8, 4) is 11.5 Å². The molecule has 0 saturated carbocycles. The Hall–Kier alpha value is -4.41. The van der Waals surface area contributed by atoms with Gasteiger partial charge in [-0.3, -0.25) is 4.90 Å². The number of para-hydroxylation sites is 1. The lowest BCUT2D eigenvalue weighted by Crippen LogP contribution is -2.31. The lowest BCUT2D eigenvalue weighted by atomic mass is 10.1. The molecule has 42 heavy (non-hydrogen) atoms. The highest BCUT2D eigenvalue weighted by Crippen LogP contribution is 2.26. The molecule has 0 aromatic heterocycles. The highest BCUT2D eigenvalue weighted by molar-refractivity contribution is 5.98. The van der Waals surface area contributed by atoms with Gasteiger partial charge in [0.1, 0.15) is 18.1 Å². The molecule has 0 heterocycles. The third-order valence-corrected chi connectivity index (χ3v) is 6.68. The third-order valence-electron chi connectivity index (χ3n) is 6.68. The Morgan fingerprint density at radius 2 is 1.64 bits per heavy atom. The van der Waals surface area contributed by atoms with Gasteiger partial charge in [-0.15, -0.1) is 0 Å². The van der Waals surface area contributed by atoms with E-state index in [1.807, 2.05) is 78.9 Å². The number of primary amides is 1. The van der Waals surface area contributed by atoms with Crippen LogP contribution in [0.5, 0.6) is 11.5 Å². The number of amides is 2. The zero-order chi connectivity index (χ0) is 29.7. The predicted octanol–water partition coefficient (Wildman–Crippen LogP) is 4.56. The molecule has 4 aromatic carbocycles. The number of rotatable bonds is 15. The number of urea groups is 1. The molecule has 0 fully saturated rings. The second kappa shape index (κ2) is 15.6. The molecule has 1 atom stereocenters. The fraction of sp³-hybridized carbons (Fsp3) is 0.242. The zero-order valence-electron chi connectivity index (χ0n) is 23.4. The molecule has 0 saturated heterocycles. The summed E-state index contributed by atoms with van der Waals surface area (Å²) in [6, 6.07) is 28.8. The van der Waals surface area contributed by atoms with E-state index in [0.717, 1.165) is 23.3 Å². The Morgan fingerprint density at radius 3 is 2.38 bits per heavy atom. The van der Waals surface area contributed by atoms with Crippen molar-refractivity contribution in [3.05, 3.63) is 119 Å². The standard InChI is InChI=1S/C33H37N3O6/c34-33(40)36(28-6-2-1-3-7-28)29-8-4-5-25(19-29)23-41-17-18-42-30-12-9-24(10-13-30)15-16-35-21-32(39)26-11-14-31(38)27(20-26)22-37/h1-14,19-20,32,35,37-39H,15-18,21-23H2,(H2,34,40)/t32-/m1/s1. The first-order valence-corrected chi connectivity index (χ1v) is 13.8. The Balaban J connectivity index is 1.15. The highest BCUT2D eigenvalue weighted by Gasteiger charge is 2.15. The maximum Gasteiger partial charge on any atom is 0.323 e. The minimum absolute atomic E-state index is 0.0151. The Kier molecular flexibility index (Phi) is 11.3. The zero-order valence-corrected chi connectivity index (χ0v) is 23.4. The molecule has 6 N–H and O–H groups in total. The van der Waals surface area contributed by atoms with E-state index in [-0.39, 0.29) is 12.4 Å². The number of carbonyl (C=O) groups is 1. The van der Waals surface area contributed by atoms with Crippen molar-refractivity contribution in [1.29, 1.82) is 0 Å². The van der Waals surface area contributed by atoms with E-state index in [1.54, 1.807) is 12.1 Å². The second-order valence-corrected chi connectivity index (χ2v) is 9.74. The number of benzene rings is 4. The molecule has 9 nitrogen and oxygen atoms in total. The normalized spacial score (nSPS) is 11.7. The Morgan fingerprint density at radius 1 is 0.881 bits per heavy atom. The molecular formula is C33H37N3O6. The number of aromatic hydroxyl groups is 1.